The van der Waals surface area contributed by atoms with Gasteiger partial charge in [-0.15, -0.1) is 10.2 Å². The predicted molar refractivity (Wildman–Crippen MR) is 68.3 cm³/mol. The van der Waals surface area contributed by atoms with Gasteiger partial charge < -0.3 is 14.2 Å². The number of carbonyl (C=O) groups excluding carboxylic acids is 1. The van der Waals surface area contributed by atoms with Crippen molar-refractivity contribution in [1.29, 1.82) is 0 Å². The van der Waals surface area contributed by atoms with Crippen LogP contribution in [0.1, 0.15) is 37.9 Å². The molecule has 0 N–H and O–H groups in total. The van der Waals surface area contributed by atoms with Gasteiger partial charge in [-0.2, -0.15) is 0 Å². The molecule has 104 valence electrons. The molecule has 6 nitrogen and oxygen atoms in total. The Morgan fingerprint density at radius 3 is 3.00 bits per heavy atom. The van der Waals surface area contributed by atoms with E-state index in [4.69, 9.17) is 4.74 Å². The monoisotopic (exact) mass is 264 g/mol. The predicted octanol–water partition coefficient (Wildman–Crippen LogP) is 0.970. The summed E-state index contributed by atoms with van der Waals surface area (Å²) in [6.45, 7) is 2.25. The van der Waals surface area contributed by atoms with E-state index in [1.54, 1.807) is 6.33 Å². The Morgan fingerprint density at radius 2 is 2.16 bits per heavy atom. The van der Waals surface area contributed by atoms with Crippen molar-refractivity contribution >= 4 is 5.91 Å². The average Bonchev–Trinajstić information content (AvgIpc) is 2.93. The molecule has 2 aliphatic rings. The average molecular weight is 264 g/mol. The topological polar surface area (TPSA) is 60.2 Å². The molecular weight excluding hydrogens is 244 g/mol. The van der Waals surface area contributed by atoms with E-state index in [0.717, 1.165) is 31.8 Å². The molecule has 0 bridgehead atoms. The van der Waals surface area contributed by atoms with E-state index in [-0.39, 0.29) is 18.6 Å². The Bertz CT molecular complexity index is 440. The maximum Gasteiger partial charge on any atom is 0.249 e. The molecule has 0 atom stereocenters. The second-order valence-corrected chi connectivity index (χ2v) is 5.33. The lowest BCUT2D eigenvalue weighted by Crippen LogP contribution is -2.40. The highest BCUT2D eigenvalue weighted by Gasteiger charge is 2.23. The standard InChI is InChI=1S/C13H20N4O2/c18-13(9-19-11-4-2-1-3-5-11)16-6-7-17-10-14-15-12(17)8-16/h10-11H,1-9H2. The van der Waals surface area contributed by atoms with Crippen LogP contribution >= 0.6 is 0 Å². The van der Waals surface area contributed by atoms with Crippen molar-refractivity contribution in [2.24, 2.45) is 0 Å². The highest BCUT2D eigenvalue weighted by molar-refractivity contribution is 5.77. The smallest absolute Gasteiger partial charge is 0.249 e. The van der Waals surface area contributed by atoms with Crippen molar-refractivity contribution in [2.75, 3.05) is 13.2 Å². The number of ether oxygens (including phenoxy) is 1. The number of aromatic nitrogens is 3. The molecule has 3 rings (SSSR count). The summed E-state index contributed by atoms with van der Waals surface area (Å²) >= 11 is 0. The molecule has 19 heavy (non-hydrogen) atoms. The minimum Gasteiger partial charge on any atom is -0.368 e. The molecule has 1 amide bonds. The number of hydrogen-bond donors (Lipinski definition) is 0. The number of amides is 1. The van der Waals surface area contributed by atoms with Crippen LogP contribution in [0.3, 0.4) is 0 Å². The quantitative estimate of drug-likeness (QED) is 0.816. The zero-order valence-corrected chi connectivity index (χ0v) is 11.1. The fourth-order valence-corrected chi connectivity index (χ4v) is 2.79. The Hall–Kier alpha value is -1.43. The van der Waals surface area contributed by atoms with Gasteiger partial charge in [0.15, 0.2) is 5.82 Å². The van der Waals surface area contributed by atoms with E-state index >= 15 is 0 Å². The Balaban J connectivity index is 1.48. The van der Waals surface area contributed by atoms with Crippen molar-refractivity contribution in [3.8, 4) is 0 Å². The first-order chi connectivity index (χ1) is 9.33. The molecule has 6 heteroatoms. The van der Waals surface area contributed by atoms with Crippen LogP contribution in [0.2, 0.25) is 0 Å². The van der Waals surface area contributed by atoms with E-state index in [1.807, 2.05) is 9.47 Å². The summed E-state index contributed by atoms with van der Waals surface area (Å²) in [4.78, 5) is 13.9. The minimum absolute atomic E-state index is 0.0693. The maximum absolute atomic E-state index is 12.1. The Labute approximate surface area is 112 Å². The number of nitrogens with zero attached hydrogens (tertiary/aromatic N) is 4. The molecular formula is C13H20N4O2. The number of rotatable bonds is 3. The van der Waals surface area contributed by atoms with Gasteiger partial charge in [0.1, 0.15) is 12.9 Å². The summed E-state index contributed by atoms with van der Waals surface area (Å²) in [5, 5.41) is 7.88. The summed E-state index contributed by atoms with van der Waals surface area (Å²) in [7, 11) is 0. The van der Waals surface area contributed by atoms with Crippen molar-refractivity contribution in [2.45, 2.75) is 51.3 Å². The third-order valence-corrected chi connectivity index (χ3v) is 3.99. The van der Waals surface area contributed by atoms with Crippen LogP contribution in [0.5, 0.6) is 0 Å². The summed E-state index contributed by atoms with van der Waals surface area (Å²) in [6, 6.07) is 0. The fourth-order valence-electron chi connectivity index (χ4n) is 2.79. The highest BCUT2D eigenvalue weighted by atomic mass is 16.5. The second kappa shape index (κ2) is 5.69. The van der Waals surface area contributed by atoms with Gasteiger partial charge in [-0.05, 0) is 12.8 Å². The van der Waals surface area contributed by atoms with Gasteiger partial charge in [0.2, 0.25) is 5.91 Å². The summed E-state index contributed by atoms with van der Waals surface area (Å²) < 4.78 is 7.73. The van der Waals surface area contributed by atoms with Gasteiger partial charge in [-0.3, -0.25) is 4.79 Å². The van der Waals surface area contributed by atoms with Crippen LogP contribution < -0.4 is 0 Å². The van der Waals surface area contributed by atoms with Crippen LogP contribution in [-0.2, 0) is 22.6 Å². The van der Waals surface area contributed by atoms with Gasteiger partial charge in [0.05, 0.1) is 12.6 Å². The van der Waals surface area contributed by atoms with Gasteiger partial charge in [0, 0.05) is 13.1 Å². The van der Waals surface area contributed by atoms with E-state index in [9.17, 15) is 4.79 Å². The van der Waals surface area contributed by atoms with Gasteiger partial charge in [0.25, 0.3) is 0 Å². The van der Waals surface area contributed by atoms with E-state index in [2.05, 4.69) is 10.2 Å². The molecule has 1 aliphatic heterocycles. The molecule has 2 heterocycles. The second-order valence-electron chi connectivity index (χ2n) is 5.33. The first-order valence-corrected chi connectivity index (χ1v) is 7.09. The lowest BCUT2D eigenvalue weighted by molar-refractivity contribution is -0.140. The van der Waals surface area contributed by atoms with Crippen LogP contribution in [0.4, 0.5) is 0 Å². The van der Waals surface area contributed by atoms with Gasteiger partial charge in [-0.1, -0.05) is 19.3 Å². The van der Waals surface area contributed by atoms with Crippen LogP contribution in [0.25, 0.3) is 0 Å². The van der Waals surface area contributed by atoms with Crippen molar-refractivity contribution in [3.05, 3.63) is 12.2 Å². The number of carbonyl (C=O) groups is 1. The first kappa shape index (κ1) is 12.6. The van der Waals surface area contributed by atoms with Crippen LogP contribution in [0, 0.1) is 0 Å². The minimum atomic E-state index is 0.0693. The highest BCUT2D eigenvalue weighted by Crippen LogP contribution is 2.20. The third-order valence-electron chi connectivity index (χ3n) is 3.99. The lowest BCUT2D eigenvalue weighted by atomic mass is 9.98. The van der Waals surface area contributed by atoms with Gasteiger partial charge >= 0.3 is 0 Å². The largest absolute Gasteiger partial charge is 0.368 e. The zero-order valence-electron chi connectivity index (χ0n) is 11.1. The number of fused-ring (bicyclic) bond motifs is 1. The number of hydrogen-bond acceptors (Lipinski definition) is 4. The van der Waals surface area contributed by atoms with Gasteiger partial charge in [-0.25, -0.2) is 0 Å². The third kappa shape index (κ3) is 2.94. The van der Waals surface area contributed by atoms with E-state index in [0.29, 0.717) is 6.54 Å². The molecule has 0 unspecified atom stereocenters. The van der Waals surface area contributed by atoms with Crippen molar-refractivity contribution in [1.82, 2.24) is 19.7 Å². The van der Waals surface area contributed by atoms with Crippen molar-refractivity contribution < 1.29 is 9.53 Å². The molecule has 0 radical (unpaired) electrons. The SMILES string of the molecule is O=C(COC1CCCCC1)N1CCn2cnnc2C1. The molecule has 1 fully saturated rings. The first-order valence-electron chi connectivity index (χ1n) is 7.09. The summed E-state index contributed by atoms with van der Waals surface area (Å²) in [5.41, 5.74) is 0. The maximum atomic E-state index is 12.1. The molecule has 1 saturated carbocycles. The lowest BCUT2D eigenvalue weighted by Gasteiger charge is -2.28. The van der Waals surface area contributed by atoms with E-state index < -0.39 is 0 Å². The Kier molecular flexibility index (Phi) is 3.77. The molecule has 1 aliphatic carbocycles. The molecule has 0 saturated heterocycles. The van der Waals surface area contributed by atoms with Crippen LogP contribution in [-0.4, -0.2) is 44.8 Å². The summed E-state index contributed by atoms with van der Waals surface area (Å²) in [5.74, 6) is 0.928. The molecule has 0 aromatic carbocycles. The summed E-state index contributed by atoms with van der Waals surface area (Å²) in [6.07, 6.45) is 7.96. The van der Waals surface area contributed by atoms with Crippen LogP contribution in [0.15, 0.2) is 6.33 Å². The van der Waals surface area contributed by atoms with Crippen molar-refractivity contribution in [3.63, 3.8) is 0 Å². The molecule has 1 aromatic rings. The van der Waals surface area contributed by atoms with E-state index in [1.165, 1.54) is 19.3 Å². The zero-order chi connectivity index (χ0) is 13.1. The Morgan fingerprint density at radius 1 is 1.32 bits per heavy atom. The normalized spacial score (nSPS) is 20.3. The molecule has 0 spiro atoms. The molecule has 1 aromatic heterocycles. The fraction of sp³-hybridized carbons (Fsp3) is 0.769.